The molecule has 0 aromatic heterocycles. The average Bonchev–Trinajstić information content (AvgIpc) is 3.11. The first-order valence-corrected chi connectivity index (χ1v) is 7.46. The summed E-state index contributed by atoms with van der Waals surface area (Å²) >= 11 is 0. The normalized spacial score (nSPS) is 19.2. The largest absolute Gasteiger partial charge is 0.385 e. The Kier molecular flexibility index (Phi) is 7.14. The van der Waals surface area contributed by atoms with Crippen LogP contribution in [0.25, 0.3) is 0 Å². The predicted molar refractivity (Wildman–Crippen MR) is 74.3 cm³/mol. The van der Waals surface area contributed by atoms with E-state index < -0.39 is 0 Å². The molecule has 1 N–H and O–H groups in total. The fourth-order valence-corrected chi connectivity index (χ4v) is 2.50. The Bertz CT molecular complexity index is 189. The molecule has 0 spiro atoms. The zero-order chi connectivity index (χ0) is 12.6. The third kappa shape index (κ3) is 5.87. The Balaban J connectivity index is 2.09. The molecule has 1 saturated carbocycles. The molecule has 1 rings (SSSR count). The number of rotatable bonds is 11. The Labute approximate surface area is 108 Å². The summed E-state index contributed by atoms with van der Waals surface area (Å²) in [7, 11) is 1.81. The van der Waals surface area contributed by atoms with Crippen LogP contribution in [-0.2, 0) is 4.74 Å². The standard InChI is InChI=1S/C15H31NO/c1-4-6-7-14(5-2)12-16-13-15(8-9-15)10-11-17-3/h14,16H,4-13H2,1-3H3. The summed E-state index contributed by atoms with van der Waals surface area (Å²) in [5.41, 5.74) is 0.596. The maximum Gasteiger partial charge on any atom is 0.0468 e. The zero-order valence-electron chi connectivity index (χ0n) is 12.1. The maximum absolute atomic E-state index is 5.19. The molecule has 0 bridgehead atoms. The Hall–Kier alpha value is -0.0800. The van der Waals surface area contributed by atoms with Crippen LogP contribution in [0.15, 0.2) is 0 Å². The van der Waals surface area contributed by atoms with Crippen LogP contribution in [0.5, 0.6) is 0 Å². The van der Waals surface area contributed by atoms with Crippen molar-refractivity contribution in [2.45, 2.75) is 58.8 Å². The minimum atomic E-state index is 0.596. The smallest absolute Gasteiger partial charge is 0.0468 e. The van der Waals surface area contributed by atoms with E-state index >= 15 is 0 Å². The number of hydrogen-bond donors (Lipinski definition) is 1. The van der Waals surface area contributed by atoms with E-state index in [4.69, 9.17) is 4.74 Å². The van der Waals surface area contributed by atoms with Crippen LogP contribution in [-0.4, -0.2) is 26.8 Å². The highest BCUT2D eigenvalue weighted by Gasteiger charge is 2.41. The quantitative estimate of drug-likeness (QED) is 0.596. The highest BCUT2D eigenvalue weighted by atomic mass is 16.5. The maximum atomic E-state index is 5.19. The lowest BCUT2D eigenvalue weighted by atomic mass is 9.98. The van der Waals surface area contributed by atoms with Gasteiger partial charge in [-0.25, -0.2) is 0 Å². The molecule has 0 aliphatic heterocycles. The third-order valence-electron chi connectivity index (χ3n) is 4.27. The topological polar surface area (TPSA) is 21.3 Å². The first kappa shape index (κ1) is 15.0. The first-order valence-electron chi connectivity index (χ1n) is 7.46. The van der Waals surface area contributed by atoms with Crippen LogP contribution in [0.3, 0.4) is 0 Å². The summed E-state index contributed by atoms with van der Waals surface area (Å²) in [6.45, 7) is 7.95. The Morgan fingerprint density at radius 3 is 2.59 bits per heavy atom. The van der Waals surface area contributed by atoms with Crippen LogP contribution in [0.1, 0.15) is 58.8 Å². The van der Waals surface area contributed by atoms with E-state index in [9.17, 15) is 0 Å². The monoisotopic (exact) mass is 241 g/mol. The lowest BCUT2D eigenvalue weighted by Crippen LogP contribution is -2.29. The van der Waals surface area contributed by atoms with E-state index in [0.29, 0.717) is 5.41 Å². The van der Waals surface area contributed by atoms with Crippen LogP contribution in [0, 0.1) is 11.3 Å². The molecule has 0 radical (unpaired) electrons. The molecule has 0 amide bonds. The van der Waals surface area contributed by atoms with E-state index in [-0.39, 0.29) is 0 Å². The minimum absolute atomic E-state index is 0.596. The predicted octanol–water partition coefficient (Wildman–Crippen LogP) is 3.61. The van der Waals surface area contributed by atoms with E-state index in [1.165, 1.54) is 58.0 Å². The van der Waals surface area contributed by atoms with E-state index in [1.54, 1.807) is 7.11 Å². The fraction of sp³-hybridized carbons (Fsp3) is 1.00. The highest BCUT2D eigenvalue weighted by molar-refractivity contribution is 4.94. The van der Waals surface area contributed by atoms with Gasteiger partial charge in [-0.1, -0.05) is 33.1 Å². The van der Waals surface area contributed by atoms with Gasteiger partial charge in [0.1, 0.15) is 0 Å². The van der Waals surface area contributed by atoms with Gasteiger partial charge in [-0.15, -0.1) is 0 Å². The van der Waals surface area contributed by atoms with Crippen LogP contribution < -0.4 is 5.32 Å². The summed E-state index contributed by atoms with van der Waals surface area (Å²) in [5, 5.41) is 3.70. The number of methoxy groups -OCH3 is 1. The van der Waals surface area contributed by atoms with Crippen molar-refractivity contribution in [2.24, 2.45) is 11.3 Å². The van der Waals surface area contributed by atoms with Crippen molar-refractivity contribution in [3.63, 3.8) is 0 Å². The Morgan fingerprint density at radius 1 is 1.29 bits per heavy atom. The van der Waals surface area contributed by atoms with Gasteiger partial charge in [0.05, 0.1) is 0 Å². The van der Waals surface area contributed by atoms with Gasteiger partial charge in [0.25, 0.3) is 0 Å². The summed E-state index contributed by atoms with van der Waals surface area (Å²) in [5.74, 6) is 0.883. The second kappa shape index (κ2) is 8.10. The van der Waals surface area contributed by atoms with E-state index in [1.807, 2.05) is 0 Å². The van der Waals surface area contributed by atoms with E-state index in [2.05, 4.69) is 19.2 Å². The lowest BCUT2D eigenvalue weighted by molar-refractivity contribution is 0.170. The van der Waals surface area contributed by atoms with Gasteiger partial charge in [-0.3, -0.25) is 0 Å². The molecular formula is C15H31NO. The molecule has 17 heavy (non-hydrogen) atoms. The number of hydrogen-bond acceptors (Lipinski definition) is 2. The summed E-state index contributed by atoms with van der Waals surface area (Å²) in [4.78, 5) is 0. The second-order valence-corrected chi connectivity index (χ2v) is 5.79. The molecule has 1 fully saturated rings. The molecule has 0 heterocycles. The molecule has 0 aromatic carbocycles. The molecule has 1 aliphatic rings. The molecule has 2 heteroatoms. The molecule has 102 valence electrons. The van der Waals surface area contributed by atoms with Gasteiger partial charge < -0.3 is 10.1 Å². The van der Waals surface area contributed by atoms with Crippen molar-refractivity contribution < 1.29 is 4.74 Å². The summed E-state index contributed by atoms with van der Waals surface area (Å²) < 4.78 is 5.19. The molecular weight excluding hydrogens is 210 g/mol. The van der Waals surface area contributed by atoms with Crippen molar-refractivity contribution in [3.05, 3.63) is 0 Å². The first-order chi connectivity index (χ1) is 8.26. The van der Waals surface area contributed by atoms with Gasteiger partial charge in [-0.2, -0.15) is 0 Å². The van der Waals surface area contributed by atoms with Crippen LogP contribution >= 0.6 is 0 Å². The second-order valence-electron chi connectivity index (χ2n) is 5.79. The van der Waals surface area contributed by atoms with Crippen molar-refractivity contribution in [3.8, 4) is 0 Å². The SMILES string of the molecule is CCCCC(CC)CNCC1(CCOC)CC1. The lowest BCUT2D eigenvalue weighted by Gasteiger charge is -2.19. The zero-order valence-corrected chi connectivity index (χ0v) is 12.1. The van der Waals surface area contributed by atoms with Gasteiger partial charge in [-0.05, 0) is 43.6 Å². The molecule has 0 aromatic rings. The molecule has 1 unspecified atom stereocenters. The van der Waals surface area contributed by atoms with Gasteiger partial charge in [0, 0.05) is 20.3 Å². The Morgan fingerprint density at radius 2 is 2.06 bits per heavy atom. The van der Waals surface area contributed by atoms with Crippen molar-refractivity contribution >= 4 is 0 Å². The van der Waals surface area contributed by atoms with Crippen molar-refractivity contribution in [2.75, 3.05) is 26.8 Å². The molecule has 0 saturated heterocycles. The molecule has 1 atom stereocenters. The van der Waals surface area contributed by atoms with Crippen LogP contribution in [0.4, 0.5) is 0 Å². The van der Waals surface area contributed by atoms with Gasteiger partial charge in [0.15, 0.2) is 0 Å². The number of unbranched alkanes of at least 4 members (excludes halogenated alkanes) is 1. The minimum Gasteiger partial charge on any atom is -0.385 e. The third-order valence-corrected chi connectivity index (χ3v) is 4.27. The average molecular weight is 241 g/mol. The van der Waals surface area contributed by atoms with Crippen molar-refractivity contribution in [1.82, 2.24) is 5.32 Å². The number of ether oxygens (including phenoxy) is 1. The summed E-state index contributed by atoms with van der Waals surface area (Å²) in [6, 6.07) is 0. The van der Waals surface area contributed by atoms with Gasteiger partial charge in [0.2, 0.25) is 0 Å². The molecule has 1 aliphatic carbocycles. The van der Waals surface area contributed by atoms with Crippen LogP contribution in [0.2, 0.25) is 0 Å². The number of nitrogens with one attached hydrogen (secondary N) is 1. The van der Waals surface area contributed by atoms with E-state index in [0.717, 1.165) is 12.5 Å². The highest BCUT2D eigenvalue weighted by Crippen LogP contribution is 2.48. The fourth-order valence-electron chi connectivity index (χ4n) is 2.50. The van der Waals surface area contributed by atoms with Gasteiger partial charge >= 0.3 is 0 Å². The molecule has 2 nitrogen and oxygen atoms in total. The van der Waals surface area contributed by atoms with Crippen molar-refractivity contribution in [1.29, 1.82) is 0 Å². The summed E-state index contributed by atoms with van der Waals surface area (Å²) in [6.07, 6.45) is 9.46.